The Bertz CT molecular complexity index is 1000. The first kappa shape index (κ1) is 17.2. The summed E-state index contributed by atoms with van der Waals surface area (Å²) in [5, 5.41) is 10.4. The molecule has 1 aromatic carbocycles. The van der Waals surface area contributed by atoms with Gasteiger partial charge >= 0.3 is 0 Å². The number of pyridine rings is 1. The number of nitrogens with zero attached hydrogens (tertiary/aromatic N) is 1. The molecule has 0 bridgehead atoms. The van der Waals surface area contributed by atoms with Gasteiger partial charge < -0.3 is 5.11 Å². The van der Waals surface area contributed by atoms with Crippen LogP contribution in [0.4, 0.5) is 5.82 Å². The third kappa shape index (κ3) is 3.39. The molecule has 2 aromatic heterocycles. The highest BCUT2D eigenvalue weighted by Crippen LogP contribution is 2.36. The van der Waals surface area contributed by atoms with Crippen molar-refractivity contribution in [3.63, 3.8) is 0 Å². The Labute approximate surface area is 149 Å². The Hall–Kier alpha value is -1.67. The maximum absolute atomic E-state index is 12.7. The highest BCUT2D eigenvalue weighted by molar-refractivity contribution is 7.94. The molecular formula is C16H15ClN2O3S2. The lowest BCUT2D eigenvalue weighted by Gasteiger charge is -2.08. The predicted octanol–water partition coefficient (Wildman–Crippen LogP) is 3.59. The van der Waals surface area contributed by atoms with Crippen molar-refractivity contribution < 1.29 is 13.5 Å². The van der Waals surface area contributed by atoms with E-state index in [0.717, 1.165) is 10.1 Å². The van der Waals surface area contributed by atoms with E-state index in [-0.39, 0.29) is 16.6 Å². The zero-order valence-corrected chi connectivity index (χ0v) is 15.2. The van der Waals surface area contributed by atoms with Crippen LogP contribution in [0, 0.1) is 6.92 Å². The topological polar surface area (TPSA) is 79.3 Å². The molecule has 0 fully saturated rings. The van der Waals surface area contributed by atoms with E-state index >= 15 is 0 Å². The number of aromatic nitrogens is 1. The van der Waals surface area contributed by atoms with Crippen molar-refractivity contribution in [1.29, 1.82) is 0 Å². The van der Waals surface area contributed by atoms with E-state index in [1.54, 1.807) is 37.3 Å². The van der Waals surface area contributed by atoms with Gasteiger partial charge in [0, 0.05) is 28.4 Å². The van der Waals surface area contributed by atoms with Crippen molar-refractivity contribution in [3.8, 4) is 0 Å². The first-order valence-corrected chi connectivity index (χ1v) is 9.87. The number of fused-ring (bicyclic) bond motifs is 1. The summed E-state index contributed by atoms with van der Waals surface area (Å²) in [7, 11) is -3.75. The smallest absolute Gasteiger partial charge is 0.272 e. The van der Waals surface area contributed by atoms with Crippen LogP contribution in [-0.4, -0.2) is 25.1 Å². The van der Waals surface area contributed by atoms with Gasteiger partial charge in [-0.15, -0.1) is 11.3 Å². The number of benzene rings is 1. The van der Waals surface area contributed by atoms with Gasteiger partial charge in [0.15, 0.2) is 0 Å². The van der Waals surface area contributed by atoms with E-state index in [1.165, 1.54) is 11.3 Å². The number of aryl methyl sites for hydroxylation is 1. The van der Waals surface area contributed by atoms with Crippen molar-refractivity contribution >= 4 is 48.9 Å². The molecule has 0 aliphatic rings. The Morgan fingerprint density at radius 2 is 2.08 bits per heavy atom. The van der Waals surface area contributed by atoms with Gasteiger partial charge in [-0.1, -0.05) is 17.7 Å². The fourth-order valence-corrected chi connectivity index (χ4v) is 5.32. The molecular weight excluding hydrogens is 368 g/mol. The van der Waals surface area contributed by atoms with Gasteiger partial charge in [-0.3, -0.25) is 4.72 Å². The predicted molar refractivity (Wildman–Crippen MR) is 97.4 cm³/mol. The summed E-state index contributed by atoms with van der Waals surface area (Å²) < 4.78 is 29.1. The van der Waals surface area contributed by atoms with Crippen LogP contribution in [0.5, 0.6) is 0 Å². The number of hydrogen-bond acceptors (Lipinski definition) is 5. The van der Waals surface area contributed by atoms with E-state index in [4.69, 9.17) is 16.7 Å². The average molecular weight is 383 g/mol. The fraction of sp³-hybridized carbons (Fsp3) is 0.188. The summed E-state index contributed by atoms with van der Waals surface area (Å²) >= 11 is 7.20. The highest BCUT2D eigenvalue weighted by atomic mass is 35.5. The number of aliphatic hydroxyl groups excluding tert-OH is 1. The van der Waals surface area contributed by atoms with Crippen molar-refractivity contribution in [1.82, 2.24) is 4.98 Å². The number of anilines is 1. The van der Waals surface area contributed by atoms with Crippen LogP contribution < -0.4 is 4.72 Å². The zero-order chi connectivity index (χ0) is 17.3. The molecule has 0 saturated heterocycles. The first-order valence-electron chi connectivity index (χ1n) is 7.19. The average Bonchev–Trinajstić information content (AvgIpc) is 2.85. The Balaban J connectivity index is 1.99. The molecule has 0 unspecified atom stereocenters. The van der Waals surface area contributed by atoms with Gasteiger partial charge in [-0.25, -0.2) is 13.4 Å². The second-order valence-electron chi connectivity index (χ2n) is 5.25. The molecule has 5 nitrogen and oxygen atoms in total. The van der Waals surface area contributed by atoms with Gasteiger partial charge in [0.1, 0.15) is 10.0 Å². The van der Waals surface area contributed by atoms with Crippen molar-refractivity contribution in [2.45, 2.75) is 17.6 Å². The van der Waals surface area contributed by atoms with Crippen LogP contribution in [0.2, 0.25) is 5.02 Å². The molecule has 0 saturated carbocycles. The molecule has 0 aliphatic carbocycles. The molecule has 2 heterocycles. The molecule has 24 heavy (non-hydrogen) atoms. The molecule has 0 atom stereocenters. The lowest BCUT2D eigenvalue weighted by atomic mass is 10.2. The highest BCUT2D eigenvalue weighted by Gasteiger charge is 2.22. The monoisotopic (exact) mass is 382 g/mol. The van der Waals surface area contributed by atoms with Gasteiger partial charge in [0.25, 0.3) is 10.0 Å². The molecule has 0 radical (unpaired) electrons. The van der Waals surface area contributed by atoms with Crippen LogP contribution in [0.25, 0.3) is 10.1 Å². The normalized spacial score (nSPS) is 11.8. The number of sulfonamides is 1. The van der Waals surface area contributed by atoms with Crippen LogP contribution in [-0.2, 0) is 16.4 Å². The van der Waals surface area contributed by atoms with Crippen LogP contribution in [0.3, 0.4) is 0 Å². The number of thiophene rings is 1. The molecule has 3 rings (SSSR count). The maximum atomic E-state index is 12.7. The van der Waals surface area contributed by atoms with Crippen molar-refractivity contribution in [3.05, 3.63) is 52.7 Å². The molecule has 126 valence electrons. The van der Waals surface area contributed by atoms with Crippen LogP contribution >= 0.6 is 22.9 Å². The molecule has 2 N–H and O–H groups in total. The third-order valence-electron chi connectivity index (χ3n) is 3.51. The van der Waals surface area contributed by atoms with Gasteiger partial charge in [-0.05, 0) is 48.2 Å². The fourth-order valence-electron chi connectivity index (χ4n) is 2.40. The van der Waals surface area contributed by atoms with Crippen LogP contribution in [0.1, 0.15) is 11.3 Å². The molecule has 8 heteroatoms. The summed E-state index contributed by atoms with van der Waals surface area (Å²) in [6.45, 7) is 1.72. The number of aliphatic hydroxyl groups is 1. The summed E-state index contributed by atoms with van der Waals surface area (Å²) in [5.41, 5.74) is 1.29. The standard InChI is InChI=1S/C16H15ClN2O3S2/c1-10-13-9-11(17)5-6-14(13)23-16(10)24(21,22)19-15-4-2-3-12(18-15)7-8-20/h2-6,9,20H,7-8H2,1H3,(H,18,19). The number of hydrogen-bond donors (Lipinski definition) is 2. The summed E-state index contributed by atoms with van der Waals surface area (Å²) in [6.07, 6.45) is 0.371. The number of nitrogens with one attached hydrogen (secondary N) is 1. The van der Waals surface area contributed by atoms with Gasteiger partial charge in [0.05, 0.1) is 0 Å². The van der Waals surface area contributed by atoms with Crippen LogP contribution in [0.15, 0.2) is 40.6 Å². The number of halogens is 1. The van der Waals surface area contributed by atoms with Gasteiger partial charge in [0.2, 0.25) is 0 Å². The number of rotatable bonds is 5. The Kier molecular flexibility index (Phi) is 4.78. The minimum atomic E-state index is -3.75. The second-order valence-corrected chi connectivity index (χ2v) is 8.61. The lowest BCUT2D eigenvalue weighted by Crippen LogP contribution is -2.14. The van der Waals surface area contributed by atoms with Crippen molar-refractivity contribution in [2.24, 2.45) is 0 Å². The SMILES string of the molecule is Cc1c(S(=O)(=O)Nc2cccc(CCO)n2)sc2ccc(Cl)cc12. The minimum absolute atomic E-state index is 0.0423. The second kappa shape index (κ2) is 6.68. The van der Waals surface area contributed by atoms with Gasteiger partial charge in [-0.2, -0.15) is 0 Å². The minimum Gasteiger partial charge on any atom is -0.396 e. The maximum Gasteiger partial charge on any atom is 0.272 e. The Morgan fingerprint density at radius 1 is 1.29 bits per heavy atom. The summed E-state index contributed by atoms with van der Waals surface area (Å²) in [5.74, 6) is 0.232. The van der Waals surface area contributed by atoms with E-state index in [1.807, 2.05) is 6.07 Å². The van der Waals surface area contributed by atoms with E-state index in [0.29, 0.717) is 22.7 Å². The zero-order valence-electron chi connectivity index (χ0n) is 12.8. The van der Waals surface area contributed by atoms with Crippen molar-refractivity contribution in [2.75, 3.05) is 11.3 Å². The lowest BCUT2D eigenvalue weighted by molar-refractivity contribution is 0.298. The molecule has 0 aliphatic heterocycles. The summed E-state index contributed by atoms with van der Waals surface area (Å²) in [6, 6.07) is 10.3. The Morgan fingerprint density at radius 3 is 2.83 bits per heavy atom. The molecule has 0 spiro atoms. The first-order chi connectivity index (χ1) is 11.4. The largest absolute Gasteiger partial charge is 0.396 e. The quantitative estimate of drug-likeness (QED) is 0.706. The molecule has 3 aromatic rings. The van der Waals surface area contributed by atoms with E-state index < -0.39 is 10.0 Å². The van der Waals surface area contributed by atoms with E-state index in [2.05, 4.69) is 9.71 Å². The van der Waals surface area contributed by atoms with E-state index in [9.17, 15) is 8.42 Å². The summed E-state index contributed by atoms with van der Waals surface area (Å²) in [4.78, 5) is 4.20. The third-order valence-corrected chi connectivity index (χ3v) is 7.00. The molecule has 0 amide bonds.